The van der Waals surface area contributed by atoms with Gasteiger partial charge in [-0.2, -0.15) is 0 Å². The van der Waals surface area contributed by atoms with Crippen molar-refractivity contribution in [2.75, 3.05) is 0 Å². The number of sulfonamides is 1. The molecule has 0 saturated heterocycles. The maximum atomic E-state index is 12.1. The predicted molar refractivity (Wildman–Crippen MR) is 88.7 cm³/mol. The highest BCUT2D eigenvalue weighted by atomic mass is 32.2. The Kier molecular flexibility index (Phi) is 4.82. The third-order valence-corrected chi connectivity index (χ3v) is 4.97. The molecule has 0 amide bonds. The van der Waals surface area contributed by atoms with Gasteiger partial charge in [0.1, 0.15) is 0 Å². The van der Waals surface area contributed by atoms with Gasteiger partial charge < -0.3 is 0 Å². The smallest absolute Gasteiger partial charge is 0.258 e. The molecule has 7 heteroatoms. The molecule has 0 spiro atoms. The summed E-state index contributed by atoms with van der Waals surface area (Å²) in [4.78, 5) is 10.6. The Balaban J connectivity index is 2.41. The van der Waals surface area contributed by atoms with E-state index < -0.39 is 14.9 Å². The number of aryl methyl sites for hydroxylation is 1. The first-order valence-electron chi connectivity index (χ1n) is 7.08. The van der Waals surface area contributed by atoms with Gasteiger partial charge in [-0.25, -0.2) is 13.1 Å². The fraction of sp³-hybridized carbons (Fsp3) is 0.250. The second-order valence-corrected chi connectivity index (χ2v) is 7.27. The second-order valence-electron chi connectivity index (χ2n) is 5.56. The van der Waals surface area contributed by atoms with E-state index in [-0.39, 0.29) is 16.6 Å². The first-order valence-corrected chi connectivity index (χ1v) is 8.57. The van der Waals surface area contributed by atoms with Crippen LogP contribution in [0.3, 0.4) is 0 Å². The summed E-state index contributed by atoms with van der Waals surface area (Å²) in [5, 5.41) is 10.9. The van der Waals surface area contributed by atoms with Gasteiger partial charge in [0.2, 0.25) is 10.0 Å². The summed E-state index contributed by atoms with van der Waals surface area (Å²) in [6.45, 7) is 5.35. The topological polar surface area (TPSA) is 89.3 Å². The zero-order chi connectivity index (χ0) is 17.2. The van der Waals surface area contributed by atoms with E-state index in [1.165, 1.54) is 24.3 Å². The number of nitro groups is 1. The van der Waals surface area contributed by atoms with E-state index in [1.807, 2.05) is 6.92 Å². The molecule has 23 heavy (non-hydrogen) atoms. The monoisotopic (exact) mass is 334 g/mol. The Labute approximate surface area is 135 Å². The van der Waals surface area contributed by atoms with Gasteiger partial charge in [-0.3, -0.25) is 10.1 Å². The lowest BCUT2D eigenvalue weighted by Crippen LogP contribution is -2.30. The molecule has 0 saturated carbocycles. The van der Waals surface area contributed by atoms with Crippen molar-refractivity contribution >= 4 is 15.7 Å². The van der Waals surface area contributed by atoms with Gasteiger partial charge in [-0.05, 0) is 49.6 Å². The summed E-state index contributed by atoms with van der Waals surface area (Å²) in [7, 11) is -3.55. The fourth-order valence-corrected chi connectivity index (χ4v) is 3.48. The lowest BCUT2D eigenvalue weighted by atomic mass is 10.00. The maximum Gasteiger partial charge on any atom is 0.270 e. The molecule has 0 unspecified atom stereocenters. The van der Waals surface area contributed by atoms with Crippen LogP contribution in [0.15, 0.2) is 47.4 Å². The minimum Gasteiger partial charge on any atom is -0.258 e. The van der Waals surface area contributed by atoms with Crippen molar-refractivity contribution in [3.05, 3.63) is 58.1 Å². The second kappa shape index (κ2) is 6.47. The molecule has 0 aliphatic heterocycles. The molecule has 0 aliphatic carbocycles. The number of rotatable bonds is 5. The molecule has 2 aromatic rings. The molecule has 1 N–H and O–H groups in total. The van der Waals surface area contributed by atoms with Crippen molar-refractivity contribution in [2.45, 2.75) is 31.7 Å². The summed E-state index contributed by atoms with van der Waals surface area (Å²) in [6, 6.07) is 10.7. The Morgan fingerprint density at radius 2 is 1.70 bits per heavy atom. The van der Waals surface area contributed by atoms with Crippen LogP contribution in [0.5, 0.6) is 0 Å². The van der Waals surface area contributed by atoms with E-state index in [0.717, 1.165) is 11.1 Å². The zero-order valence-electron chi connectivity index (χ0n) is 13.1. The van der Waals surface area contributed by atoms with Crippen LogP contribution in [-0.2, 0) is 10.0 Å². The molecule has 0 fully saturated rings. The molecule has 0 aliphatic rings. The van der Waals surface area contributed by atoms with Crippen molar-refractivity contribution in [2.24, 2.45) is 0 Å². The van der Waals surface area contributed by atoms with Gasteiger partial charge >= 0.3 is 0 Å². The van der Waals surface area contributed by atoms with Gasteiger partial charge in [0.15, 0.2) is 0 Å². The SMILES string of the molecule is Cc1ccc([N+](=O)[O-])cc1-c1ccc(S(=O)(=O)NC(C)C)cc1. The fourth-order valence-electron chi connectivity index (χ4n) is 2.23. The summed E-state index contributed by atoms with van der Waals surface area (Å²) < 4.78 is 26.7. The first-order chi connectivity index (χ1) is 10.7. The van der Waals surface area contributed by atoms with Crippen molar-refractivity contribution in [3.8, 4) is 11.1 Å². The number of benzene rings is 2. The molecular formula is C16H18N2O4S. The average molecular weight is 334 g/mol. The average Bonchev–Trinajstić information content (AvgIpc) is 2.46. The van der Waals surface area contributed by atoms with Crippen molar-refractivity contribution in [1.82, 2.24) is 4.72 Å². The van der Waals surface area contributed by atoms with E-state index in [1.54, 1.807) is 32.0 Å². The lowest BCUT2D eigenvalue weighted by Gasteiger charge is -2.11. The van der Waals surface area contributed by atoms with E-state index >= 15 is 0 Å². The van der Waals surface area contributed by atoms with Crippen LogP contribution in [-0.4, -0.2) is 19.4 Å². The molecule has 0 atom stereocenters. The van der Waals surface area contributed by atoms with E-state index in [9.17, 15) is 18.5 Å². The molecule has 2 rings (SSSR count). The number of nitrogens with one attached hydrogen (secondary N) is 1. The number of nitrogens with zero attached hydrogens (tertiary/aromatic N) is 1. The summed E-state index contributed by atoms with van der Waals surface area (Å²) >= 11 is 0. The van der Waals surface area contributed by atoms with Crippen molar-refractivity contribution in [3.63, 3.8) is 0 Å². The number of nitro benzene ring substituents is 1. The van der Waals surface area contributed by atoms with Crippen LogP contribution in [0.4, 0.5) is 5.69 Å². The van der Waals surface area contributed by atoms with Crippen LogP contribution in [0.25, 0.3) is 11.1 Å². The molecule has 0 bridgehead atoms. The Hall–Kier alpha value is -2.25. The molecule has 2 aromatic carbocycles. The van der Waals surface area contributed by atoms with Gasteiger partial charge in [0, 0.05) is 18.2 Å². The van der Waals surface area contributed by atoms with Crippen molar-refractivity contribution in [1.29, 1.82) is 0 Å². The molecule has 6 nitrogen and oxygen atoms in total. The van der Waals surface area contributed by atoms with Crippen molar-refractivity contribution < 1.29 is 13.3 Å². The summed E-state index contributed by atoms with van der Waals surface area (Å²) in [5.74, 6) is 0. The Morgan fingerprint density at radius 3 is 2.22 bits per heavy atom. The molecule has 0 heterocycles. The first kappa shape index (κ1) is 17.1. The minimum atomic E-state index is -3.55. The third-order valence-electron chi connectivity index (χ3n) is 3.30. The molecular weight excluding hydrogens is 316 g/mol. The van der Waals surface area contributed by atoms with Crippen LogP contribution in [0, 0.1) is 17.0 Å². The van der Waals surface area contributed by atoms with E-state index in [0.29, 0.717) is 5.56 Å². The van der Waals surface area contributed by atoms with Crippen LogP contribution in [0.2, 0.25) is 0 Å². The molecule has 122 valence electrons. The van der Waals surface area contributed by atoms with E-state index in [2.05, 4.69) is 4.72 Å². The lowest BCUT2D eigenvalue weighted by molar-refractivity contribution is -0.384. The molecule has 0 radical (unpaired) electrons. The van der Waals surface area contributed by atoms with Gasteiger partial charge in [-0.15, -0.1) is 0 Å². The largest absolute Gasteiger partial charge is 0.270 e. The Bertz CT molecular complexity index is 828. The maximum absolute atomic E-state index is 12.1. The number of non-ortho nitro benzene ring substituents is 1. The highest BCUT2D eigenvalue weighted by Gasteiger charge is 2.16. The van der Waals surface area contributed by atoms with E-state index in [4.69, 9.17) is 0 Å². The zero-order valence-corrected chi connectivity index (χ0v) is 13.9. The normalized spacial score (nSPS) is 11.7. The number of hydrogen-bond donors (Lipinski definition) is 1. The summed E-state index contributed by atoms with van der Waals surface area (Å²) in [6.07, 6.45) is 0. The minimum absolute atomic E-state index is 0.00349. The summed E-state index contributed by atoms with van der Waals surface area (Å²) in [5.41, 5.74) is 2.32. The van der Waals surface area contributed by atoms with Gasteiger partial charge in [0.25, 0.3) is 5.69 Å². The van der Waals surface area contributed by atoms with Crippen LogP contribution in [0.1, 0.15) is 19.4 Å². The standard InChI is InChI=1S/C16H18N2O4S/c1-11(2)17-23(21,22)15-8-5-13(6-9-15)16-10-14(18(19)20)7-4-12(16)3/h4-11,17H,1-3H3. The highest BCUT2D eigenvalue weighted by Crippen LogP contribution is 2.28. The van der Waals surface area contributed by atoms with Gasteiger partial charge in [0.05, 0.1) is 9.82 Å². The number of hydrogen-bond acceptors (Lipinski definition) is 4. The van der Waals surface area contributed by atoms with Gasteiger partial charge in [-0.1, -0.05) is 18.2 Å². The predicted octanol–water partition coefficient (Wildman–Crippen LogP) is 3.26. The Morgan fingerprint density at radius 1 is 1.09 bits per heavy atom. The third kappa shape index (κ3) is 3.94. The van der Waals surface area contributed by atoms with Crippen LogP contribution >= 0.6 is 0 Å². The van der Waals surface area contributed by atoms with Crippen LogP contribution < -0.4 is 4.72 Å². The highest BCUT2D eigenvalue weighted by molar-refractivity contribution is 7.89. The molecule has 0 aromatic heterocycles. The quantitative estimate of drug-likeness (QED) is 0.671.